The van der Waals surface area contributed by atoms with Crippen LogP contribution in [0.3, 0.4) is 0 Å². The minimum absolute atomic E-state index is 0.104. The second-order valence-electron chi connectivity index (χ2n) is 4.88. The summed E-state index contributed by atoms with van der Waals surface area (Å²) < 4.78 is 29.8. The van der Waals surface area contributed by atoms with Crippen LogP contribution in [0.5, 0.6) is 5.88 Å². The van der Waals surface area contributed by atoms with Crippen LogP contribution in [0.15, 0.2) is 35.5 Å². The van der Waals surface area contributed by atoms with Crippen molar-refractivity contribution in [1.29, 1.82) is 0 Å². The molecule has 2 aromatic rings. The molecule has 3 rings (SSSR count). The van der Waals surface area contributed by atoms with Gasteiger partial charge in [-0.1, -0.05) is 17.7 Å². The standard InChI is InChI=1S/C14H15N3O3S/c1-10-2-4-11(5-3-10)21(18,19)20-14-12-8-15-7-6-13(12)16-9-17-14/h2-5,9,15H,6-8H2,1H3. The lowest BCUT2D eigenvalue weighted by Crippen LogP contribution is -2.26. The summed E-state index contributed by atoms with van der Waals surface area (Å²) >= 11 is 0. The molecule has 6 nitrogen and oxygen atoms in total. The number of rotatable bonds is 3. The van der Waals surface area contributed by atoms with Gasteiger partial charge in [0.05, 0.1) is 11.3 Å². The Morgan fingerprint density at radius 1 is 1.19 bits per heavy atom. The number of aryl methyl sites for hydroxylation is 1. The van der Waals surface area contributed by atoms with Crippen molar-refractivity contribution in [3.63, 3.8) is 0 Å². The van der Waals surface area contributed by atoms with E-state index in [1.807, 2.05) is 6.92 Å². The molecule has 1 aliphatic rings. The Balaban J connectivity index is 1.94. The Morgan fingerprint density at radius 3 is 2.71 bits per heavy atom. The Hall–Kier alpha value is -1.99. The maximum atomic E-state index is 12.3. The van der Waals surface area contributed by atoms with Crippen LogP contribution in [-0.4, -0.2) is 24.9 Å². The van der Waals surface area contributed by atoms with Crippen LogP contribution in [0.4, 0.5) is 0 Å². The summed E-state index contributed by atoms with van der Waals surface area (Å²) in [6.07, 6.45) is 2.07. The number of nitrogens with zero attached hydrogens (tertiary/aromatic N) is 2. The minimum atomic E-state index is -3.88. The van der Waals surface area contributed by atoms with Crippen LogP contribution in [-0.2, 0) is 23.1 Å². The molecule has 0 radical (unpaired) electrons. The van der Waals surface area contributed by atoms with Crippen molar-refractivity contribution < 1.29 is 12.6 Å². The van der Waals surface area contributed by atoms with Gasteiger partial charge >= 0.3 is 10.1 Å². The van der Waals surface area contributed by atoms with Crippen molar-refractivity contribution in [1.82, 2.24) is 15.3 Å². The fourth-order valence-electron chi connectivity index (χ4n) is 2.17. The molecule has 1 N–H and O–H groups in total. The van der Waals surface area contributed by atoms with E-state index in [1.54, 1.807) is 12.1 Å². The van der Waals surface area contributed by atoms with Crippen LogP contribution >= 0.6 is 0 Å². The maximum Gasteiger partial charge on any atom is 0.340 e. The summed E-state index contributed by atoms with van der Waals surface area (Å²) in [6, 6.07) is 6.51. The van der Waals surface area contributed by atoms with E-state index in [9.17, 15) is 8.42 Å². The highest BCUT2D eigenvalue weighted by atomic mass is 32.2. The highest BCUT2D eigenvalue weighted by molar-refractivity contribution is 7.87. The van der Waals surface area contributed by atoms with Crippen molar-refractivity contribution in [3.05, 3.63) is 47.4 Å². The second kappa shape index (κ2) is 5.42. The topological polar surface area (TPSA) is 81.2 Å². The molecule has 0 saturated carbocycles. The van der Waals surface area contributed by atoms with E-state index in [2.05, 4.69) is 15.3 Å². The molecular formula is C14H15N3O3S. The Bertz CT molecular complexity index is 758. The zero-order valence-electron chi connectivity index (χ0n) is 11.5. The zero-order chi connectivity index (χ0) is 14.9. The normalized spacial score (nSPS) is 14.5. The number of hydrogen-bond donors (Lipinski definition) is 1. The first-order valence-corrected chi connectivity index (χ1v) is 8.02. The van der Waals surface area contributed by atoms with Gasteiger partial charge in [-0.25, -0.2) is 9.97 Å². The van der Waals surface area contributed by atoms with Gasteiger partial charge in [-0.15, -0.1) is 0 Å². The van der Waals surface area contributed by atoms with E-state index in [0.717, 1.165) is 24.2 Å². The molecule has 1 aromatic heterocycles. The zero-order valence-corrected chi connectivity index (χ0v) is 12.4. The van der Waals surface area contributed by atoms with E-state index in [0.29, 0.717) is 12.1 Å². The lowest BCUT2D eigenvalue weighted by atomic mass is 10.1. The molecular weight excluding hydrogens is 290 g/mol. The van der Waals surface area contributed by atoms with Gasteiger partial charge in [0.2, 0.25) is 5.88 Å². The number of fused-ring (bicyclic) bond motifs is 1. The average molecular weight is 305 g/mol. The van der Waals surface area contributed by atoms with Gasteiger partial charge in [-0.05, 0) is 19.1 Å². The van der Waals surface area contributed by atoms with Crippen molar-refractivity contribution in [2.45, 2.75) is 24.8 Å². The summed E-state index contributed by atoms with van der Waals surface area (Å²) in [5, 5.41) is 3.16. The molecule has 1 aliphatic heterocycles. The van der Waals surface area contributed by atoms with E-state index in [1.165, 1.54) is 18.5 Å². The molecule has 1 aromatic carbocycles. The Labute approximate surface area is 123 Å². The van der Waals surface area contributed by atoms with E-state index in [4.69, 9.17) is 4.18 Å². The first kappa shape index (κ1) is 14.0. The van der Waals surface area contributed by atoms with Crippen LogP contribution in [0.25, 0.3) is 0 Å². The third-order valence-corrected chi connectivity index (χ3v) is 4.56. The molecule has 0 unspecified atom stereocenters. The second-order valence-corrected chi connectivity index (χ2v) is 6.43. The van der Waals surface area contributed by atoms with Gasteiger partial charge in [-0.2, -0.15) is 8.42 Å². The number of aromatic nitrogens is 2. The predicted molar refractivity (Wildman–Crippen MR) is 76.4 cm³/mol. The van der Waals surface area contributed by atoms with Gasteiger partial charge in [0, 0.05) is 19.5 Å². The van der Waals surface area contributed by atoms with Crippen molar-refractivity contribution in [3.8, 4) is 5.88 Å². The minimum Gasteiger partial charge on any atom is -0.358 e. The van der Waals surface area contributed by atoms with Gasteiger partial charge in [0.25, 0.3) is 0 Å². The largest absolute Gasteiger partial charge is 0.358 e. The Kier molecular flexibility index (Phi) is 3.60. The molecule has 21 heavy (non-hydrogen) atoms. The van der Waals surface area contributed by atoms with Crippen LogP contribution < -0.4 is 9.50 Å². The lowest BCUT2D eigenvalue weighted by molar-refractivity contribution is 0.464. The van der Waals surface area contributed by atoms with Gasteiger partial charge < -0.3 is 9.50 Å². The first-order valence-electron chi connectivity index (χ1n) is 6.61. The summed E-state index contributed by atoms with van der Waals surface area (Å²) in [7, 11) is -3.88. The quantitative estimate of drug-likeness (QED) is 0.858. The highest BCUT2D eigenvalue weighted by Gasteiger charge is 2.22. The van der Waals surface area contributed by atoms with Crippen molar-refractivity contribution in [2.75, 3.05) is 6.54 Å². The smallest absolute Gasteiger partial charge is 0.340 e. The number of hydrogen-bond acceptors (Lipinski definition) is 6. The lowest BCUT2D eigenvalue weighted by Gasteiger charge is -2.18. The van der Waals surface area contributed by atoms with Crippen LogP contribution in [0.1, 0.15) is 16.8 Å². The fraction of sp³-hybridized carbons (Fsp3) is 0.286. The van der Waals surface area contributed by atoms with E-state index < -0.39 is 10.1 Å². The monoisotopic (exact) mass is 305 g/mol. The summed E-state index contributed by atoms with van der Waals surface area (Å²) in [5.41, 5.74) is 2.52. The van der Waals surface area contributed by atoms with Gasteiger partial charge in [0.1, 0.15) is 11.2 Å². The molecule has 0 spiro atoms. The van der Waals surface area contributed by atoms with Crippen LogP contribution in [0, 0.1) is 6.92 Å². The van der Waals surface area contributed by atoms with Gasteiger partial charge in [0.15, 0.2) is 0 Å². The molecule has 0 aliphatic carbocycles. The fourth-order valence-corrected chi connectivity index (χ4v) is 3.09. The van der Waals surface area contributed by atoms with Crippen molar-refractivity contribution >= 4 is 10.1 Å². The third kappa shape index (κ3) is 2.88. The third-order valence-electron chi connectivity index (χ3n) is 3.33. The van der Waals surface area contributed by atoms with E-state index >= 15 is 0 Å². The SMILES string of the molecule is Cc1ccc(S(=O)(=O)Oc2ncnc3c2CNCC3)cc1. The Morgan fingerprint density at radius 2 is 1.95 bits per heavy atom. The highest BCUT2D eigenvalue weighted by Crippen LogP contribution is 2.24. The molecule has 7 heteroatoms. The first-order chi connectivity index (χ1) is 10.1. The number of nitrogens with one attached hydrogen (secondary N) is 1. The average Bonchev–Trinajstić information content (AvgIpc) is 2.48. The molecule has 0 bridgehead atoms. The molecule has 110 valence electrons. The molecule has 0 amide bonds. The number of benzene rings is 1. The maximum absolute atomic E-state index is 12.3. The summed E-state index contributed by atoms with van der Waals surface area (Å²) in [6.45, 7) is 3.22. The predicted octanol–water partition coefficient (Wildman–Crippen LogP) is 1.20. The van der Waals surface area contributed by atoms with E-state index in [-0.39, 0.29) is 10.8 Å². The summed E-state index contributed by atoms with van der Waals surface area (Å²) in [5.74, 6) is 0.104. The van der Waals surface area contributed by atoms with Crippen molar-refractivity contribution in [2.24, 2.45) is 0 Å². The summed E-state index contributed by atoms with van der Waals surface area (Å²) in [4.78, 5) is 8.25. The molecule has 2 heterocycles. The molecule has 0 fully saturated rings. The molecule has 0 atom stereocenters. The molecule has 0 saturated heterocycles. The van der Waals surface area contributed by atoms with Gasteiger partial charge in [-0.3, -0.25) is 0 Å². The van der Waals surface area contributed by atoms with Crippen LogP contribution in [0.2, 0.25) is 0 Å².